The van der Waals surface area contributed by atoms with Crippen LogP contribution in [0.5, 0.6) is 0 Å². The molecule has 0 saturated carbocycles. The van der Waals surface area contributed by atoms with Crippen LogP contribution in [0.1, 0.15) is 76.9 Å². The first-order chi connectivity index (χ1) is 25.5. The summed E-state index contributed by atoms with van der Waals surface area (Å²) in [5.41, 5.74) is 7.26. The molecule has 2 amide bonds. The molecule has 1 heterocycles. The van der Waals surface area contributed by atoms with Crippen molar-refractivity contribution in [2.24, 2.45) is 0 Å². The number of anilines is 1. The summed E-state index contributed by atoms with van der Waals surface area (Å²) < 4.78 is 0. The van der Waals surface area contributed by atoms with E-state index >= 15 is 0 Å². The Balaban J connectivity index is 1.11. The van der Waals surface area contributed by atoms with Gasteiger partial charge in [0, 0.05) is 38.6 Å². The van der Waals surface area contributed by atoms with Gasteiger partial charge in [-0.2, -0.15) is 0 Å². The average molecular weight is 670 g/mol. The van der Waals surface area contributed by atoms with Gasteiger partial charge in [-0.1, -0.05) is 115 Å². The molecule has 5 nitrogen and oxygen atoms in total. The molecule has 0 fully saturated rings. The van der Waals surface area contributed by atoms with Gasteiger partial charge in [-0.25, -0.2) is 4.90 Å². The van der Waals surface area contributed by atoms with Gasteiger partial charge in [-0.3, -0.25) is 19.2 Å². The molecule has 11 rings (SSSR count). The number of carbonyl (C=O) groups is 4. The highest BCUT2D eigenvalue weighted by Gasteiger charge is 2.40. The van der Waals surface area contributed by atoms with E-state index in [-0.39, 0.29) is 23.4 Å². The number of rotatable bonds is 4. The second-order valence-corrected chi connectivity index (χ2v) is 14.0. The molecule has 5 heteroatoms. The summed E-state index contributed by atoms with van der Waals surface area (Å²) in [5.74, 6) is -2.04. The van der Waals surface area contributed by atoms with Crippen molar-refractivity contribution in [1.82, 2.24) is 0 Å². The molecule has 0 atom stereocenters. The lowest BCUT2D eigenvalue weighted by Crippen LogP contribution is -2.41. The van der Waals surface area contributed by atoms with Crippen molar-refractivity contribution in [3.8, 4) is 0 Å². The van der Waals surface area contributed by atoms with E-state index in [0.29, 0.717) is 38.7 Å². The number of hydrogen-bond donors (Lipinski definition) is 0. The number of ketones is 2. The third-order valence-electron chi connectivity index (χ3n) is 11.5. The van der Waals surface area contributed by atoms with Crippen molar-refractivity contribution >= 4 is 83.3 Å². The van der Waals surface area contributed by atoms with Crippen molar-refractivity contribution in [2.75, 3.05) is 4.90 Å². The zero-order chi connectivity index (χ0) is 34.8. The van der Waals surface area contributed by atoms with E-state index in [1.807, 2.05) is 121 Å². The Morgan fingerprint density at radius 3 is 1.44 bits per heavy atom. The lowest BCUT2D eigenvalue weighted by atomic mass is 9.73. The molecule has 0 N–H and O–H groups in total. The Kier molecular flexibility index (Phi) is 5.81. The SMILES string of the molecule is O=C1c2ccc3c4ccc5c6c(ccc(c7ccc(c2c37)C(=O)C1c1ccccc1C1=CC=CC1)c64)C(=O)N(c1ccccc1C1=CC=CC1)C5=O. The minimum absolute atomic E-state index is 0.197. The fourth-order valence-electron chi connectivity index (χ4n) is 9.20. The molecule has 7 aromatic rings. The molecule has 0 aromatic heterocycles. The van der Waals surface area contributed by atoms with Crippen LogP contribution in [0, 0.1) is 0 Å². The van der Waals surface area contributed by atoms with Crippen molar-refractivity contribution in [3.05, 3.63) is 172 Å². The maximum atomic E-state index is 14.5. The summed E-state index contributed by atoms with van der Waals surface area (Å²) in [6.45, 7) is 0. The number of imide groups is 1. The van der Waals surface area contributed by atoms with Crippen LogP contribution < -0.4 is 4.90 Å². The molecule has 52 heavy (non-hydrogen) atoms. The number of fused-ring (bicyclic) bond motifs is 2. The van der Waals surface area contributed by atoms with Crippen LogP contribution in [0.15, 0.2) is 134 Å². The maximum absolute atomic E-state index is 14.5. The Morgan fingerprint density at radius 2 is 0.904 bits per heavy atom. The lowest BCUT2D eigenvalue weighted by Gasteiger charge is -2.30. The normalized spacial score (nSPS) is 16.8. The van der Waals surface area contributed by atoms with Crippen LogP contribution in [0.4, 0.5) is 5.69 Å². The van der Waals surface area contributed by atoms with Crippen LogP contribution in [0.2, 0.25) is 0 Å². The zero-order valence-corrected chi connectivity index (χ0v) is 27.8. The first-order valence-electron chi connectivity index (χ1n) is 17.6. The highest BCUT2D eigenvalue weighted by Crippen LogP contribution is 2.49. The molecule has 0 bridgehead atoms. The fourth-order valence-corrected chi connectivity index (χ4v) is 9.20. The highest BCUT2D eigenvalue weighted by molar-refractivity contribution is 6.44. The fraction of sp³-hybridized carbons (Fsp3) is 0.0638. The third-order valence-corrected chi connectivity index (χ3v) is 11.5. The predicted octanol–water partition coefficient (Wildman–Crippen LogP) is 10.4. The largest absolute Gasteiger partial charge is 0.293 e. The highest BCUT2D eigenvalue weighted by atomic mass is 16.2. The van der Waals surface area contributed by atoms with Crippen molar-refractivity contribution in [2.45, 2.75) is 18.8 Å². The molecule has 1 aliphatic heterocycles. The summed E-state index contributed by atoms with van der Waals surface area (Å²) in [6.07, 6.45) is 13.7. The average Bonchev–Trinajstić information content (AvgIpc) is 3.92. The lowest BCUT2D eigenvalue weighted by molar-refractivity contribution is 0.0850. The van der Waals surface area contributed by atoms with Gasteiger partial charge in [0.25, 0.3) is 11.8 Å². The third kappa shape index (κ3) is 3.67. The van der Waals surface area contributed by atoms with E-state index in [2.05, 4.69) is 12.2 Å². The van der Waals surface area contributed by atoms with Gasteiger partial charge < -0.3 is 0 Å². The molecular weight excluding hydrogens is 643 g/mol. The van der Waals surface area contributed by atoms with E-state index in [1.165, 1.54) is 4.90 Å². The summed E-state index contributed by atoms with van der Waals surface area (Å²) in [7, 11) is 0. The minimum atomic E-state index is -0.932. The van der Waals surface area contributed by atoms with Gasteiger partial charge in [0.05, 0.1) is 5.69 Å². The summed E-state index contributed by atoms with van der Waals surface area (Å²) in [5, 5.41) is 6.49. The molecule has 0 saturated heterocycles. The minimum Gasteiger partial charge on any atom is -0.293 e. The van der Waals surface area contributed by atoms with Crippen LogP contribution in [-0.4, -0.2) is 23.4 Å². The second kappa shape index (κ2) is 10.4. The summed E-state index contributed by atoms with van der Waals surface area (Å²) in [4.78, 5) is 59.1. The Bertz CT molecular complexity index is 2670. The number of allylic oxidation sites excluding steroid dienone is 8. The molecular formula is C47H27NO4. The first kappa shape index (κ1) is 29.1. The quantitative estimate of drug-likeness (QED) is 0.0809. The zero-order valence-electron chi connectivity index (χ0n) is 27.8. The Hall–Kier alpha value is -6.72. The van der Waals surface area contributed by atoms with Crippen molar-refractivity contribution in [1.29, 1.82) is 0 Å². The van der Waals surface area contributed by atoms with Crippen LogP contribution >= 0.6 is 0 Å². The van der Waals surface area contributed by atoms with Gasteiger partial charge in [0.2, 0.25) is 0 Å². The number of Topliss-reactive ketones (excluding diaryl/α,β-unsaturated/α-hetero) is 2. The van der Waals surface area contributed by atoms with E-state index in [1.54, 1.807) is 0 Å². The number of hydrogen-bond acceptors (Lipinski definition) is 4. The Morgan fingerprint density at radius 1 is 0.442 bits per heavy atom. The molecule has 0 unspecified atom stereocenters. The van der Waals surface area contributed by atoms with E-state index < -0.39 is 5.92 Å². The monoisotopic (exact) mass is 669 g/mol. The Labute approximate surface area is 297 Å². The van der Waals surface area contributed by atoms with E-state index in [9.17, 15) is 19.2 Å². The van der Waals surface area contributed by atoms with Gasteiger partial charge in [0.15, 0.2) is 11.6 Å². The number of nitrogens with zero attached hydrogens (tertiary/aromatic N) is 1. The van der Waals surface area contributed by atoms with Crippen molar-refractivity contribution in [3.63, 3.8) is 0 Å². The van der Waals surface area contributed by atoms with Crippen molar-refractivity contribution < 1.29 is 19.2 Å². The van der Waals surface area contributed by atoms with E-state index in [0.717, 1.165) is 73.0 Å². The number of carbonyl (C=O) groups excluding carboxylic acids is 4. The number of para-hydroxylation sites is 1. The van der Waals surface area contributed by atoms with Crippen LogP contribution in [0.25, 0.3) is 54.2 Å². The molecule has 0 radical (unpaired) electrons. The first-order valence-corrected chi connectivity index (χ1v) is 17.6. The van der Waals surface area contributed by atoms with E-state index in [4.69, 9.17) is 0 Å². The van der Waals surface area contributed by atoms with Crippen LogP contribution in [-0.2, 0) is 0 Å². The second-order valence-electron chi connectivity index (χ2n) is 14.0. The maximum Gasteiger partial charge on any atom is 0.266 e. The number of amides is 2. The molecule has 3 aliphatic carbocycles. The number of benzene rings is 7. The summed E-state index contributed by atoms with van der Waals surface area (Å²) >= 11 is 0. The molecule has 244 valence electrons. The molecule has 7 aromatic carbocycles. The predicted molar refractivity (Wildman–Crippen MR) is 207 cm³/mol. The smallest absolute Gasteiger partial charge is 0.266 e. The van der Waals surface area contributed by atoms with Crippen LogP contribution in [0.3, 0.4) is 0 Å². The summed E-state index contributed by atoms with van der Waals surface area (Å²) in [6, 6.07) is 30.5. The standard InChI is InChI=1S/C47H27NO4/c49-44-34-21-17-30-32-19-23-36-42-37(47(52)48(46(36)51)38-16-8-7-14-28(38)26-11-3-4-12-26)24-20-33(40(32)42)31-18-22-35(41(34)39(30)31)45(50)43(44)29-15-6-5-13-27(29)25-9-1-2-10-25/h1-9,11,13-24,43H,10,12H2. The topological polar surface area (TPSA) is 71.5 Å². The van der Waals surface area contributed by atoms with Gasteiger partial charge in [-0.15, -0.1) is 0 Å². The molecule has 4 aliphatic rings. The molecule has 0 spiro atoms. The van der Waals surface area contributed by atoms with Gasteiger partial charge in [-0.05, 0) is 85.6 Å². The van der Waals surface area contributed by atoms with Gasteiger partial charge >= 0.3 is 0 Å². The van der Waals surface area contributed by atoms with Gasteiger partial charge in [0.1, 0.15) is 5.92 Å².